The highest BCUT2D eigenvalue weighted by Gasteiger charge is 2.13. The second-order valence-corrected chi connectivity index (χ2v) is 5.08. The maximum absolute atomic E-state index is 13.0. The van der Waals surface area contributed by atoms with Crippen molar-refractivity contribution < 1.29 is 14.0 Å². The molecule has 0 aliphatic rings. The van der Waals surface area contributed by atoms with E-state index in [2.05, 4.69) is 10.6 Å². The Morgan fingerprint density at radius 2 is 1.90 bits per heavy atom. The molecule has 1 aromatic carbocycles. The first-order chi connectivity index (χ1) is 9.90. The van der Waals surface area contributed by atoms with Crippen LogP contribution in [0.1, 0.15) is 20.8 Å². The molecule has 0 saturated heterocycles. The maximum atomic E-state index is 13.0. The van der Waals surface area contributed by atoms with Gasteiger partial charge in [-0.3, -0.25) is 14.5 Å². The molecule has 0 heterocycles. The average Bonchev–Trinajstić information content (AvgIpc) is 2.36. The number of hydrogen-bond donors (Lipinski definition) is 2. The normalized spacial score (nSPS) is 10.8. The van der Waals surface area contributed by atoms with Crippen LogP contribution in [-0.4, -0.2) is 42.4 Å². The summed E-state index contributed by atoms with van der Waals surface area (Å²) in [5.41, 5.74) is 0.405. The summed E-state index contributed by atoms with van der Waals surface area (Å²) in [5.74, 6) is -0.804. The van der Waals surface area contributed by atoms with E-state index in [1.54, 1.807) is 11.0 Å². The number of nitrogens with one attached hydrogen (secondary N) is 2. The van der Waals surface area contributed by atoms with E-state index in [1.165, 1.54) is 18.2 Å². The molecule has 0 radical (unpaired) electrons. The molecule has 0 aliphatic heterocycles. The molecule has 0 aliphatic carbocycles. The number of halogens is 1. The fourth-order valence-electron chi connectivity index (χ4n) is 1.82. The van der Waals surface area contributed by atoms with Crippen LogP contribution in [0, 0.1) is 5.82 Å². The van der Waals surface area contributed by atoms with E-state index in [0.29, 0.717) is 12.2 Å². The first-order valence-electron chi connectivity index (χ1n) is 6.97. The first-order valence-corrected chi connectivity index (χ1v) is 6.97. The molecule has 6 heteroatoms. The van der Waals surface area contributed by atoms with Crippen molar-refractivity contribution in [3.63, 3.8) is 0 Å². The van der Waals surface area contributed by atoms with Gasteiger partial charge in [-0.15, -0.1) is 0 Å². The number of nitrogens with zero attached hydrogens (tertiary/aromatic N) is 1. The predicted molar refractivity (Wildman–Crippen MR) is 80.4 cm³/mol. The highest BCUT2D eigenvalue weighted by atomic mass is 19.1. The van der Waals surface area contributed by atoms with Gasteiger partial charge in [0.15, 0.2) is 0 Å². The summed E-state index contributed by atoms with van der Waals surface area (Å²) in [7, 11) is 0. The third-order valence-electron chi connectivity index (χ3n) is 2.74. The molecular weight excluding hydrogens is 273 g/mol. The SMILES string of the molecule is CCN(CC(=O)Nc1cccc(F)c1)CC(=O)NC(C)C. The second kappa shape index (κ2) is 8.36. The molecule has 21 heavy (non-hydrogen) atoms. The van der Waals surface area contributed by atoms with E-state index in [0.717, 1.165) is 0 Å². The van der Waals surface area contributed by atoms with Crippen LogP contribution in [0.2, 0.25) is 0 Å². The smallest absolute Gasteiger partial charge is 0.238 e. The molecule has 5 nitrogen and oxygen atoms in total. The molecule has 2 amide bonds. The Kier molecular flexibility index (Phi) is 6.81. The lowest BCUT2D eigenvalue weighted by molar-refractivity contribution is -0.123. The average molecular weight is 295 g/mol. The molecule has 116 valence electrons. The fraction of sp³-hybridized carbons (Fsp3) is 0.467. The molecule has 0 fully saturated rings. The molecule has 0 aromatic heterocycles. The third kappa shape index (κ3) is 6.85. The molecular formula is C15H22FN3O2. The second-order valence-electron chi connectivity index (χ2n) is 5.08. The molecule has 0 unspecified atom stereocenters. The van der Waals surface area contributed by atoms with Crippen molar-refractivity contribution in [1.29, 1.82) is 0 Å². The summed E-state index contributed by atoms with van der Waals surface area (Å²) in [6.07, 6.45) is 0. The Morgan fingerprint density at radius 3 is 2.48 bits per heavy atom. The maximum Gasteiger partial charge on any atom is 0.238 e. The van der Waals surface area contributed by atoms with Crippen molar-refractivity contribution in [2.75, 3.05) is 25.0 Å². The van der Waals surface area contributed by atoms with E-state index in [-0.39, 0.29) is 30.9 Å². The number of carbonyl (C=O) groups is 2. The Bertz CT molecular complexity index is 492. The van der Waals surface area contributed by atoms with Crippen LogP contribution >= 0.6 is 0 Å². The number of anilines is 1. The molecule has 1 rings (SSSR count). The van der Waals surface area contributed by atoms with E-state index in [9.17, 15) is 14.0 Å². The van der Waals surface area contributed by atoms with Crippen LogP contribution in [0.25, 0.3) is 0 Å². The number of benzene rings is 1. The van der Waals surface area contributed by atoms with Crippen LogP contribution < -0.4 is 10.6 Å². The lowest BCUT2D eigenvalue weighted by Gasteiger charge is -2.20. The minimum absolute atomic E-state index is 0.0670. The van der Waals surface area contributed by atoms with Crippen molar-refractivity contribution in [3.8, 4) is 0 Å². The van der Waals surface area contributed by atoms with Gasteiger partial charge in [-0.2, -0.15) is 0 Å². The molecule has 2 N–H and O–H groups in total. The van der Waals surface area contributed by atoms with Crippen LogP contribution in [-0.2, 0) is 9.59 Å². The van der Waals surface area contributed by atoms with Crippen LogP contribution in [0.3, 0.4) is 0 Å². The van der Waals surface area contributed by atoms with Gasteiger partial charge in [0.25, 0.3) is 0 Å². The minimum atomic E-state index is -0.406. The topological polar surface area (TPSA) is 61.4 Å². The molecule has 0 saturated carbocycles. The van der Waals surface area contributed by atoms with Gasteiger partial charge in [0.05, 0.1) is 13.1 Å². The summed E-state index contributed by atoms with van der Waals surface area (Å²) >= 11 is 0. The fourth-order valence-corrected chi connectivity index (χ4v) is 1.82. The Morgan fingerprint density at radius 1 is 1.24 bits per heavy atom. The number of amides is 2. The zero-order valence-electron chi connectivity index (χ0n) is 12.6. The monoisotopic (exact) mass is 295 g/mol. The summed E-state index contributed by atoms with van der Waals surface area (Å²) in [4.78, 5) is 25.3. The van der Waals surface area contributed by atoms with E-state index in [4.69, 9.17) is 0 Å². The van der Waals surface area contributed by atoms with E-state index < -0.39 is 5.82 Å². The van der Waals surface area contributed by atoms with Gasteiger partial charge in [-0.25, -0.2) is 4.39 Å². The zero-order chi connectivity index (χ0) is 15.8. The lowest BCUT2D eigenvalue weighted by Crippen LogP contribution is -2.42. The molecule has 0 atom stereocenters. The van der Waals surface area contributed by atoms with Gasteiger partial charge in [-0.1, -0.05) is 13.0 Å². The van der Waals surface area contributed by atoms with Crippen LogP contribution in [0.5, 0.6) is 0 Å². The molecule has 0 spiro atoms. The van der Waals surface area contributed by atoms with Crippen molar-refractivity contribution in [1.82, 2.24) is 10.2 Å². The largest absolute Gasteiger partial charge is 0.353 e. The summed E-state index contributed by atoms with van der Waals surface area (Å²) < 4.78 is 13.0. The quantitative estimate of drug-likeness (QED) is 0.803. The Hall–Kier alpha value is -1.95. The first kappa shape index (κ1) is 17.1. The van der Waals surface area contributed by atoms with Crippen molar-refractivity contribution >= 4 is 17.5 Å². The van der Waals surface area contributed by atoms with Gasteiger partial charge in [0.2, 0.25) is 11.8 Å². The van der Waals surface area contributed by atoms with Gasteiger partial charge >= 0.3 is 0 Å². The number of hydrogen-bond acceptors (Lipinski definition) is 3. The standard InChI is InChI=1S/C15H22FN3O2/c1-4-19(9-14(20)17-11(2)3)10-15(21)18-13-7-5-6-12(16)8-13/h5-8,11H,4,9-10H2,1-3H3,(H,17,20)(H,18,21). The predicted octanol–water partition coefficient (Wildman–Crippen LogP) is 1.61. The lowest BCUT2D eigenvalue weighted by atomic mass is 10.3. The number of likely N-dealkylation sites (N-methyl/N-ethyl adjacent to an activating group) is 1. The van der Waals surface area contributed by atoms with Crippen LogP contribution in [0.4, 0.5) is 10.1 Å². The summed E-state index contributed by atoms with van der Waals surface area (Å²) in [6.45, 7) is 6.44. The van der Waals surface area contributed by atoms with E-state index >= 15 is 0 Å². The van der Waals surface area contributed by atoms with Gasteiger partial charge in [-0.05, 0) is 38.6 Å². The Labute approximate surface area is 124 Å². The highest BCUT2D eigenvalue weighted by molar-refractivity contribution is 5.92. The van der Waals surface area contributed by atoms with Gasteiger partial charge < -0.3 is 10.6 Å². The summed E-state index contributed by atoms with van der Waals surface area (Å²) in [5, 5.41) is 5.39. The number of rotatable bonds is 7. The van der Waals surface area contributed by atoms with Crippen molar-refractivity contribution in [2.45, 2.75) is 26.8 Å². The van der Waals surface area contributed by atoms with E-state index in [1.807, 2.05) is 20.8 Å². The highest BCUT2D eigenvalue weighted by Crippen LogP contribution is 2.08. The van der Waals surface area contributed by atoms with Crippen LogP contribution in [0.15, 0.2) is 24.3 Å². The summed E-state index contributed by atoms with van der Waals surface area (Å²) in [6, 6.07) is 5.77. The molecule has 0 bridgehead atoms. The molecule has 1 aromatic rings. The van der Waals surface area contributed by atoms with Crippen molar-refractivity contribution in [3.05, 3.63) is 30.1 Å². The van der Waals surface area contributed by atoms with Gasteiger partial charge in [0.1, 0.15) is 5.82 Å². The zero-order valence-corrected chi connectivity index (χ0v) is 12.6. The number of carbonyl (C=O) groups excluding carboxylic acids is 2. The van der Waals surface area contributed by atoms with Crippen molar-refractivity contribution in [2.24, 2.45) is 0 Å². The Balaban J connectivity index is 2.49. The van der Waals surface area contributed by atoms with Gasteiger partial charge in [0, 0.05) is 11.7 Å². The minimum Gasteiger partial charge on any atom is -0.353 e. The third-order valence-corrected chi connectivity index (χ3v) is 2.74.